The maximum atomic E-state index is 14.3. The summed E-state index contributed by atoms with van der Waals surface area (Å²) < 4.78 is 184. The highest BCUT2D eigenvalue weighted by molar-refractivity contribution is 5.84. The number of alkyl halides is 11. The molecule has 0 amide bonds. The van der Waals surface area contributed by atoms with Gasteiger partial charge < -0.3 is 34.8 Å². The molecule has 0 aliphatic carbocycles. The first kappa shape index (κ1) is 45.9. The van der Waals surface area contributed by atoms with E-state index in [1.165, 1.54) is 40.7 Å². The van der Waals surface area contributed by atoms with Gasteiger partial charge in [0, 0.05) is 34.2 Å². The largest absolute Gasteiger partial charge is 0.573 e. The maximum Gasteiger partial charge on any atom is 0.573 e. The first-order valence-corrected chi connectivity index (χ1v) is 15.7. The molecule has 1 atom stereocenters. The van der Waals surface area contributed by atoms with Crippen LogP contribution in [0.3, 0.4) is 0 Å². The van der Waals surface area contributed by atoms with Gasteiger partial charge in [0.2, 0.25) is 0 Å². The maximum absolute atomic E-state index is 14.3. The van der Waals surface area contributed by atoms with Crippen LogP contribution < -0.4 is 31.3 Å². The van der Waals surface area contributed by atoms with E-state index in [0.717, 1.165) is 43.5 Å². The van der Waals surface area contributed by atoms with Crippen molar-refractivity contribution in [3.05, 3.63) is 52.9 Å². The summed E-state index contributed by atoms with van der Waals surface area (Å²) in [5.74, 6) is -2.98. The second kappa shape index (κ2) is 15.8. The van der Waals surface area contributed by atoms with Gasteiger partial charge >= 0.3 is 42.8 Å². The number of ether oxygens (including phenoxy) is 7. The Hall–Kier alpha value is -4.45. The van der Waals surface area contributed by atoms with Crippen LogP contribution in [0.2, 0.25) is 0 Å². The quantitative estimate of drug-likeness (QED) is 0.0563. The predicted molar refractivity (Wildman–Crippen MR) is 170 cm³/mol. The number of fused-ring (bicyclic) bond motifs is 1. The molecule has 1 unspecified atom stereocenters. The first-order valence-electron chi connectivity index (χ1n) is 15.7. The zero-order chi connectivity index (χ0) is 42.9. The summed E-state index contributed by atoms with van der Waals surface area (Å²) >= 11 is 0. The lowest BCUT2D eigenvalue weighted by Crippen LogP contribution is -2.58. The van der Waals surface area contributed by atoms with Crippen molar-refractivity contribution in [1.82, 2.24) is 0 Å². The van der Waals surface area contributed by atoms with Crippen molar-refractivity contribution in [3.63, 3.8) is 0 Å². The number of hydrogen-bond acceptors (Lipinski definition) is 12. The average molecular weight is 829 g/mol. The number of benzene rings is 2. The molecule has 0 spiro atoms. The molecule has 4 N–H and O–H groups in total. The Balaban J connectivity index is 1.68. The summed E-state index contributed by atoms with van der Waals surface area (Å²) in [5, 5.41) is -0.0192. The van der Waals surface area contributed by atoms with Crippen LogP contribution in [-0.4, -0.2) is 68.5 Å². The van der Waals surface area contributed by atoms with E-state index in [1.54, 1.807) is 0 Å². The highest BCUT2D eigenvalue weighted by Crippen LogP contribution is 2.41. The number of hydrogen-bond donors (Lipinski definition) is 2. The monoisotopic (exact) mass is 828 g/mol. The molecular formula is C33H35F11N2O10. The third kappa shape index (κ3) is 12.8. The van der Waals surface area contributed by atoms with Gasteiger partial charge in [0.15, 0.2) is 13.2 Å². The van der Waals surface area contributed by atoms with E-state index in [0.29, 0.717) is 0 Å². The smallest absolute Gasteiger partial charge is 0.497 e. The average Bonchev–Trinajstić information content (AvgIpc) is 2.98. The normalized spacial score (nSPS) is 14.7. The van der Waals surface area contributed by atoms with Crippen molar-refractivity contribution >= 4 is 16.9 Å². The Morgan fingerprint density at radius 3 is 1.79 bits per heavy atom. The van der Waals surface area contributed by atoms with E-state index in [4.69, 9.17) is 20.6 Å². The van der Waals surface area contributed by atoms with Crippen LogP contribution in [0.4, 0.5) is 48.3 Å². The van der Waals surface area contributed by atoms with E-state index in [1.807, 2.05) is 0 Å². The van der Waals surface area contributed by atoms with Crippen molar-refractivity contribution in [3.8, 4) is 28.4 Å². The summed E-state index contributed by atoms with van der Waals surface area (Å²) in [5.41, 5.74) is 5.00. The van der Waals surface area contributed by atoms with Crippen LogP contribution in [0.25, 0.3) is 22.1 Å². The second-order valence-electron chi connectivity index (χ2n) is 13.6. The molecule has 12 nitrogen and oxygen atoms in total. The van der Waals surface area contributed by atoms with Gasteiger partial charge in [-0.05, 0) is 71.4 Å². The summed E-state index contributed by atoms with van der Waals surface area (Å²) in [6, 6.07) is 6.89. The third-order valence-electron chi connectivity index (χ3n) is 7.65. The summed E-state index contributed by atoms with van der Waals surface area (Å²) in [4.78, 5) is 25.4. The van der Waals surface area contributed by atoms with Crippen molar-refractivity contribution in [1.29, 1.82) is 0 Å². The Morgan fingerprint density at radius 1 is 0.714 bits per heavy atom. The molecule has 1 heterocycles. The molecule has 0 fully saturated rings. The predicted octanol–water partition coefficient (Wildman–Crippen LogP) is 7.50. The molecule has 3 rings (SSSR count). The number of carbonyl (C=O) groups excluding carboxylic acids is 1. The Labute approximate surface area is 309 Å². The molecule has 0 saturated heterocycles. The van der Waals surface area contributed by atoms with Crippen molar-refractivity contribution in [2.45, 2.75) is 83.3 Å². The van der Waals surface area contributed by atoms with Gasteiger partial charge in [0.05, 0.1) is 18.1 Å². The minimum absolute atomic E-state index is 0.0192. The molecule has 23 heteroatoms. The second-order valence-corrected chi connectivity index (χ2v) is 13.6. The third-order valence-corrected chi connectivity index (χ3v) is 7.65. The lowest BCUT2D eigenvalue weighted by atomic mass is 9.67. The van der Waals surface area contributed by atoms with Crippen LogP contribution in [0, 0.1) is 5.41 Å². The fourth-order valence-electron chi connectivity index (χ4n) is 4.97. The van der Waals surface area contributed by atoms with Crippen LogP contribution in [-0.2, 0) is 23.7 Å². The van der Waals surface area contributed by atoms with Gasteiger partial charge in [-0.25, -0.2) is 19.0 Å². The minimum atomic E-state index is -6.05. The number of rotatable bonds is 18. The fourth-order valence-corrected chi connectivity index (χ4v) is 4.97. The Bertz CT molecular complexity index is 1930. The molecular weight excluding hydrogens is 793 g/mol. The summed E-state index contributed by atoms with van der Waals surface area (Å²) in [6.07, 6.45) is -28.0. The van der Waals surface area contributed by atoms with Crippen LogP contribution >= 0.6 is 0 Å². The first-order chi connectivity index (χ1) is 25.2. The van der Waals surface area contributed by atoms with Crippen LogP contribution in [0.1, 0.15) is 41.0 Å². The Kier molecular flexibility index (Phi) is 13.0. The molecule has 0 aliphatic rings. The molecule has 1 aromatic heterocycles. The molecule has 56 heavy (non-hydrogen) atoms. The van der Waals surface area contributed by atoms with E-state index in [9.17, 15) is 57.9 Å². The number of methoxy groups -OCH3 is 1. The molecule has 3 aromatic rings. The number of carbonyl (C=O) groups is 1. The van der Waals surface area contributed by atoms with Gasteiger partial charge in [-0.3, -0.25) is 4.79 Å². The number of nitrogens with two attached hydrogens (primary N) is 2. The van der Waals surface area contributed by atoms with Gasteiger partial charge in [-0.2, -0.15) is 17.6 Å². The standard InChI is InChI=1S/C33H35F11N2O10/c1-26(2,45)14-28(5,27(3,4)46)25(48)51-16-30(36,37)55-33(43,44)56-32(41,42)54-29(34,35)15-50-19-8-7-17-11-21(24(47)52-22(17)13-19)20-10-9-18(49-6)12-23(20)53-31(38,39)40/h7-13H,14-16,45-46H2,1-6H3. The lowest BCUT2D eigenvalue weighted by Gasteiger charge is -2.43. The van der Waals surface area contributed by atoms with Gasteiger partial charge in [0.1, 0.15) is 22.8 Å². The van der Waals surface area contributed by atoms with E-state index in [-0.39, 0.29) is 23.1 Å². The molecule has 0 radical (unpaired) electrons. The topological polar surface area (TPSA) is 164 Å². The zero-order valence-electron chi connectivity index (χ0n) is 30.1. The van der Waals surface area contributed by atoms with E-state index < -0.39 is 95.1 Å². The molecule has 0 aliphatic heterocycles. The summed E-state index contributed by atoms with van der Waals surface area (Å²) in [7, 11) is 1.16. The van der Waals surface area contributed by atoms with Crippen molar-refractivity contribution in [2.75, 3.05) is 20.3 Å². The fraction of sp³-hybridized carbons (Fsp3) is 0.515. The zero-order valence-corrected chi connectivity index (χ0v) is 30.1. The Morgan fingerprint density at radius 2 is 1.27 bits per heavy atom. The minimum Gasteiger partial charge on any atom is -0.497 e. The number of halogens is 11. The molecule has 2 aromatic carbocycles. The summed E-state index contributed by atoms with van der Waals surface area (Å²) in [6.45, 7) is 2.30. The lowest BCUT2D eigenvalue weighted by molar-refractivity contribution is -0.574. The number of esters is 1. The van der Waals surface area contributed by atoms with Crippen LogP contribution in [0.5, 0.6) is 17.2 Å². The van der Waals surface area contributed by atoms with E-state index >= 15 is 0 Å². The van der Waals surface area contributed by atoms with Gasteiger partial charge in [-0.15, -0.1) is 30.7 Å². The SMILES string of the molecule is COc1ccc(-c2cc3ccc(OCC(F)(F)OC(F)(F)OC(F)(F)OC(F)(F)COC(=O)C(C)(CC(C)(C)N)C(C)(C)N)cc3oc2=O)c(OC(F)(F)F)c1. The molecule has 0 saturated carbocycles. The van der Waals surface area contributed by atoms with Crippen LogP contribution in [0.15, 0.2) is 51.7 Å². The van der Waals surface area contributed by atoms with Gasteiger partial charge in [0.25, 0.3) is 0 Å². The van der Waals surface area contributed by atoms with E-state index in [2.05, 4.69) is 28.4 Å². The van der Waals surface area contributed by atoms with Crippen molar-refractivity contribution < 1.29 is 90.7 Å². The molecule has 0 bridgehead atoms. The highest BCUT2D eigenvalue weighted by Gasteiger charge is 2.58. The highest BCUT2D eigenvalue weighted by atomic mass is 19.4. The molecule has 314 valence electrons. The van der Waals surface area contributed by atoms with Crippen molar-refractivity contribution in [2.24, 2.45) is 16.9 Å². The van der Waals surface area contributed by atoms with Gasteiger partial charge in [-0.1, -0.05) is 0 Å².